The summed E-state index contributed by atoms with van der Waals surface area (Å²) in [5.41, 5.74) is 7.14. The van der Waals surface area contributed by atoms with Gasteiger partial charge in [0.2, 0.25) is 17.7 Å². The van der Waals surface area contributed by atoms with Crippen molar-refractivity contribution in [3.05, 3.63) is 288 Å². The minimum absolute atomic E-state index is 0.259. The van der Waals surface area contributed by atoms with Gasteiger partial charge >= 0.3 is 29.8 Å². The molecule has 0 atom stereocenters. The van der Waals surface area contributed by atoms with Crippen molar-refractivity contribution in [1.29, 1.82) is 5.26 Å². The number of carbonyl (C=O) groups excluding carboxylic acids is 5. The zero-order chi connectivity index (χ0) is 104. The van der Waals surface area contributed by atoms with Crippen molar-refractivity contribution < 1.29 is 60.9 Å². The van der Waals surface area contributed by atoms with Crippen LogP contribution in [0.5, 0.6) is 0 Å². The van der Waals surface area contributed by atoms with Crippen molar-refractivity contribution in [1.82, 2.24) is 71.4 Å². The van der Waals surface area contributed by atoms with Crippen molar-refractivity contribution in [3.63, 3.8) is 0 Å². The molecule has 0 bridgehead atoms. The van der Waals surface area contributed by atoms with Gasteiger partial charge in [-0.25, -0.2) is 24.0 Å². The molecule has 12 aromatic rings. The van der Waals surface area contributed by atoms with E-state index in [1.54, 1.807) is 46.1 Å². The quantitative estimate of drug-likeness (QED) is 0.0112. The van der Waals surface area contributed by atoms with Crippen molar-refractivity contribution >= 4 is 97.9 Å². The van der Waals surface area contributed by atoms with Crippen LogP contribution < -0.4 is 0 Å². The first-order chi connectivity index (χ1) is 71.9. The van der Waals surface area contributed by atoms with E-state index in [0.717, 1.165) is 242 Å². The smallest absolute Gasteiger partial charge is 0.330 e. The van der Waals surface area contributed by atoms with Gasteiger partial charge in [-0.1, -0.05) is 195 Å². The number of benzene rings is 3. The zero-order valence-electron chi connectivity index (χ0n) is 83.1. The molecule has 0 fully saturated rings. The van der Waals surface area contributed by atoms with E-state index in [9.17, 15) is 24.0 Å². The molecule has 147 heavy (non-hydrogen) atoms. The summed E-state index contributed by atoms with van der Waals surface area (Å²) in [6.45, 7) is 27.4. The van der Waals surface area contributed by atoms with Gasteiger partial charge in [-0.3, -0.25) is 0 Å². The second kappa shape index (κ2) is 68.9. The Hall–Kier alpha value is -15.3. The number of hydrogen-bond donors (Lipinski definition) is 0. The Labute approximate surface area is 883 Å². The molecule has 3 aromatic carbocycles. The fourth-order valence-corrected chi connectivity index (χ4v) is 17.3. The molecule has 34 heteroatoms. The Kier molecular flexibility index (Phi) is 54.0. The number of hydrogen-bond acceptors (Lipinski definition) is 34. The van der Waals surface area contributed by atoms with Crippen molar-refractivity contribution in [2.75, 3.05) is 33.0 Å². The van der Waals surface area contributed by atoms with Crippen LogP contribution in [0.4, 0.5) is 0 Å². The van der Waals surface area contributed by atoms with Gasteiger partial charge in [-0.15, -0.1) is 78.8 Å². The fourth-order valence-electron chi connectivity index (χ4n) is 12.9. The summed E-state index contributed by atoms with van der Waals surface area (Å²) in [4.78, 5) is 58.8. The average Bonchev–Trinajstić information content (AvgIpc) is 1.73. The number of nitrogens with zero attached hydrogens (tertiary/aromatic N) is 15. The molecule has 0 saturated carbocycles. The first kappa shape index (κ1) is 115. The number of aryl methyl sites for hydroxylation is 9. The lowest BCUT2D eigenvalue weighted by atomic mass is 10.0. The Bertz CT molecular complexity index is 6590. The summed E-state index contributed by atoms with van der Waals surface area (Å²) < 4.78 is 41.6. The van der Waals surface area contributed by atoms with E-state index < -0.39 is 17.9 Å². The minimum atomic E-state index is -0.409. The monoisotopic (exact) mass is 2080 g/mol. The summed E-state index contributed by atoms with van der Waals surface area (Å²) >= 11 is 9.29. The number of aromatic nitrogens is 14. The molecule has 0 radical (unpaired) electrons. The largest absolute Gasteiger partial charge is 0.463 e. The number of unbranched alkanes of at least 4 members (excludes halogenated alkanes) is 16. The maximum atomic E-state index is 11.0. The van der Waals surface area contributed by atoms with Crippen molar-refractivity contribution in [2.45, 2.75) is 233 Å². The summed E-state index contributed by atoms with van der Waals surface area (Å²) in [7, 11) is 0. The van der Waals surface area contributed by atoms with E-state index in [1.165, 1.54) is 97.5 Å². The highest BCUT2D eigenvalue weighted by Crippen LogP contribution is 2.24. The SMILES string of the molecule is C=CC(=O)OCCCCCc1nnc(C#Cc2ccc(C#Cc3ccc(C#N)cc3)s2)o1.C=CC(=O)OCCCCCc1nnc(C#Cc2ccc(C#Cc3nnc(CCCCCOC(=O)C=C)o3)c(CC)c2)o1.C=CC(=O)OCCCCCc1nnc(C#Cc2ccc(C#Cc3nnc(CCCCCOC(=O)C=C)s3)c(CC)c2)s1.CCCCCCc1nnc(C#Cc2ccc(C#Cc3nnc(CCCCCC)s3)s2)s1. The van der Waals surface area contributed by atoms with Crippen LogP contribution in [0.3, 0.4) is 0 Å². The van der Waals surface area contributed by atoms with Gasteiger partial charge in [0.1, 0.15) is 20.0 Å². The zero-order valence-corrected chi connectivity index (χ0v) is 88.0. The Morgan fingerprint density at radius 3 is 0.871 bits per heavy atom. The van der Waals surface area contributed by atoms with Crippen LogP contribution in [0.1, 0.15) is 315 Å². The van der Waals surface area contributed by atoms with Crippen LogP contribution in [-0.2, 0) is 105 Å². The topological polar surface area (TPSA) is 375 Å². The van der Waals surface area contributed by atoms with Gasteiger partial charge in [0.25, 0.3) is 17.7 Å². The van der Waals surface area contributed by atoms with Crippen LogP contribution in [0.15, 0.2) is 161 Å². The van der Waals surface area contributed by atoms with Gasteiger partial charge in [0.05, 0.1) is 64.2 Å². The molecule has 12 rings (SSSR count). The van der Waals surface area contributed by atoms with Crippen LogP contribution in [0.2, 0.25) is 0 Å². The van der Waals surface area contributed by atoms with Crippen LogP contribution in [0.25, 0.3) is 0 Å². The van der Waals surface area contributed by atoms with E-state index in [4.69, 9.17) is 42.2 Å². The van der Waals surface area contributed by atoms with E-state index in [1.807, 2.05) is 66.7 Å². The average molecular weight is 2080 g/mol. The van der Waals surface area contributed by atoms with Crippen molar-refractivity contribution in [3.8, 4) is 101 Å². The summed E-state index contributed by atoms with van der Waals surface area (Å²) in [5, 5.41) is 73.8. The molecule has 0 aliphatic carbocycles. The molecular formula is C113H115N15O13S6. The third-order valence-corrected chi connectivity index (χ3v) is 26.1. The van der Waals surface area contributed by atoms with Gasteiger partial charge in [0.15, 0.2) is 20.0 Å². The Balaban J connectivity index is 0.000000220. The van der Waals surface area contributed by atoms with Crippen molar-refractivity contribution in [2.24, 2.45) is 0 Å². The normalized spacial score (nSPS) is 10.1. The first-order valence-electron chi connectivity index (χ1n) is 48.8. The van der Waals surface area contributed by atoms with E-state index >= 15 is 0 Å². The number of nitriles is 1. The Morgan fingerprint density at radius 1 is 0.279 bits per heavy atom. The van der Waals surface area contributed by atoms with Crippen LogP contribution in [0, 0.1) is 106 Å². The number of ether oxygens (including phenoxy) is 5. The van der Waals surface area contributed by atoms with Gasteiger partial charge < -0.3 is 36.9 Å². The molecule has 9 aromatic heterocycles. The minimum Gasteiger partial charge on any atom is -0.463 e. The second-order valence-electron chi connectivity index (χ2n) is 32.0. The molecule has 0 aliphatic heterocycles. The predicted molar refractivity (Wildman–Crippen MR) is 571 cm³/mol. The lowest BCUT2D eigenvalue weighted by Crippen LogP contribution is -2.01. The standard InChI is InChI=1S/C32H34N4O6.C32H34N4O4S2.C25H19N3O3S.C24H28N4S3/c2*1-4-25-23-24(16-19-29-35-33-27(41-29)13-9-7-11-21-39-31(37)5-2)15-17-26(25)18-20-30-36-34-28(42-30)14-10-8-12-22-40-32(38)6-3;1-2-25(29)30-17-5-3-4-6-23-27-28-24(31-23)16-15-22-14-13-21(32-22)12-11-19-7-9-20(18-26)10-8-19;1-3-5-7-9-11-21-25-27-23(30-21)17-15-19-13-14-20(29-19)16-18-24-28-26-22(31-24)12-10-8-6-4-2/h2*5-6,15,17,23H,2-4,7-14,21-22H2,1H3;2,7-10,13-14H,1,3-6,17H2;13-14H,3-12H2,1-2H3. The van der Waals surface area contributed by atoms with E-state index in [0.29, 0.717) is 85.5 Å². The summed E-state index contributed by atoms with van der Waals surface area (Å²) in [5.74, 6) is 49.9. The third-order valence-electron chi connectivity index (χ3n) is 20.6. The molecule has 0 N–H and O–H groups in total. The van der Waals surface area contributed by atoms with Gasteiger partial charge in [0, 0.05) is 109 Å². The maximum absolute atomic E-state index is 11.0. The highest BCUT2D eigenvalue weighted by molar-refractivity contribution is 7.14. The molecule has 756 valence electrons. The third kappa shape index (κ3) is 47.0. The lowest BCUT2D eigenvalue weighted by molar-refractivity contribution is -0.138. The van der Waals surface area contributed by atoms with Gasteiger partial charge in [-0.05, 0) is 271 Å². The lowest BCUT2D eigenvalue weighted by Gasteiger charge is -2.01. The van der Waals surface area contributed by atoms with E-state index in [-0.39, 0.29) is 29.6 Å². The molecular weight excluding hydrogens is 1970 g/mol. The van der Waals surface area contributed by atoms with Crippen LogP contribution >= 0.6 is 68.0 Å². The second-order valence-corrected chi connectivity index (χ2v) is 38.4. The van der Waals surface area contributed by atoms with Crippen LogP contribution in [-0.4, -0.2) is 134 Å². The highest BCUT2D eigenvalue weighted by Gasteiger charge is 2.14. The number of rotatable bonds is 47. The maximum Gasteiger partial charge on any atom is 0.330 e. The van der Waals surface area contributed by atoms with Gasteiger partial charge in [-0.2, -0.15) is 5.26 Å². The predicted octanol–water partition coefficient (Wildman–Crippen LogP) is 21.1. The molecule has 28 nitrogen and oxygen atoms in total. The molecule has 0 amide bonds. The molecule has 9 heterocycles. The Morgan fingerprint density at radius 2 is 0.544 bits per heavy atom. The first-order valence-corrected chi connectivity index (χ1v) is 53.7. The summed E-state index contributed by atoms with van der Waals surface area (Å²) in [6, 6.07) is 28.9. The fraction of sp³-hybridized carbons (Fsp3) is 0.363. The number of carbonyl (C=O) groups is 5. The number of esters is 5. The number of thiophene rings is 2. The summed E-state index contributed by atoms with van der Waals surface area (Å²) in [6.07, 6.45) is 35.8. The van der Waals surface area contributed by atoms with E-state index in [2.05, 4.69) is 239 Å². The highest BCUT2D eigenvalue weighted by atomic mass is 32.1. The molecule has 0 saturated heterocycles. The molecule has 0 aliphatic rings. The molecule has 0 unspecified atom stereocenters. The molecule has 0 spiro atoms.